The first-order chi connectivity index (χ1) is 13.1. The highest BCUT2D eigenvalue weighted by atomic mass is 16.2. The van der Waals surface area contributed by atoms with E-state index in [-0.39, 0.29) is 17.7 Å². The summed E-state index contributed by atoms with van der Waals surface area (Å²) < 4.78 is 0. The molecule has 0 aliphatic heterocycles. The van der Waals surface area contributed by atoms with Crippen LogP contribution in [-0.2, 0) is 4.79 Å². The summed E-state index contributed by atoms with van der Waals surface area (Å²) in [4.78, 5) is 13.5. The first kappa shape index (κ1) is 16.3. The lowest BCUT2D eigenvalue weighted by molar-refractivity contribution is -0.126. The Kier molecular flexibility index (Phi) is 3.51. The molecule has 0 unspecified atom stereocenters. The van der Waals surface area contributed by atoms with E-state index in [1.165, 1.54) is 22.3 Å². The summed E-state index contributed by atoms with van der Waals surface area (Å²) in [5.74, 6) is 0.502. The SMILES string of the molecule is Cc1cccc(NC(=O)[C@]2(C)CC3c4ccccc4C2c2ccccc23)c1. The Bertz CT molecular complexity index is 1010. The van der Waals surface area contributed by atoms with Gasteiger partial charge in [0.15, 0.2) is 0 Å². The Balaban J connectivity index is 1.61. The van der Waals surface area contributed by atoms with E-state index in [4.69, 9.17) is 0 Å². The van der Waals surface area contributed by atoms with E-state index in [0.717, 1.165) is 17.7 Å². The molecule has 3 aliphatic carbocycles. The van der Waals surface area contributed by atoms with Crippen molar-refractivity contribution in [3.8, 4) is 0 Å². The molecule has 0 radical (unpaired) electrons. The minimum atomic E-state index is -0.461. The largest absolute Gasteiger partial charge is 0.326 e. The van der Waals surface area contributed by atoms with Crippen molar-refractivity contribution in [3.05, 3.63) is 101 Å². The van der Waals surface area contributed by atoms with Gasteiger partial charge in [0.25, 0.3) is 0 Å². The van der Waals surface area contributed by atoms with E-state index in [9.17, 15) is 4.79 Å². The molecule has 0 saturated heterocycles. The second-order valence-electron chi connectivity index (χ2n) is 8.19. The summed E-state index contributed by atoms with van der Waals surface area (Å²) in [6.07, 6.45) is 0.851. The molecule has 134 valence electrons. The van der Waals surface area contributed by atoms with Gasteiger partial charge in [-0.1, -0.05) is 60.7 Å². The Labute approximate surface area is 160 Å². The number of carbonyl (C=O) groups is 1. The number of anilines is 1. The molecule has 0 aromatic heterocycles. The van der Waals surface area contributed by atoms with Gasteiger partial charge in [-0.2, -0.15) is 0 Å². The van der Waals surface area contributed by atoms with Gasteiger partial charge in [0.2, 0.25) is 5.91 Å². The third-order valence-corrected chi connectivity index (χ3v) is 6.42. The standard InChI is InChI=1S/C25H23NO/c1-16-8-7-9-17(14-16)26-24(27)25(2)15-22-18-10-3-5-12-20(18)23(25)21-13-6-4-11-19(21)22/h3-14,22-23H,15H2,1-2H3,(H,26,27)/t22?,23?,25-/m1/s1. The zero-order valence-corrected chi connectivity index (χ0v) is 15.7. The maximum absolute atomic E-state index is 13.5. The molecule has 0 saturated carbocycles. The van der Waals surface area contributed by atoms with E-state index in [1.54, 1.807) is 0 Å². The third-order valence-electron chi connectivity index (χ3n) is 6.42. The van der Waals surface area contributed by atoms with E-state index in [1.807, 2.05) is 31.2 Å². The van der Waals surface area contributed by atoms with Crippen LogP contribution in [0.5, 0.6) is 0 Å². The van der Waals surface area contributed by atoms with Gasteiger partial charge in [0.1, 0.15) is 0 Å². The normalized spacial score (nSPS) is 24.8. The van der Waals surface area contributed by atoms with Crippen LogP contribution in [0.4, 0.5) is 5.69 Å². The number of hydrogen-bond acceptors (Lipinski definition) is 1. The summed E-state index contributed by atoms with van der Waals surface area (Å²) in [5.41, 5.74) is 6.98. The highest BCUT2D eigenvalue weighted by Gasteiger charge is 2.53. The van der Waals surface area contributed by atoms with Crippen molar-refractivity contribution in [2.24, 2.45) is 5.41 Å². The van der Waals surface area contributed by atoms with Crippen LogP contribution >= 0.6 is 0 Å². The maximum Gasteiger partial charge on any atom is 0.231 e. The monoisotopic (exact) mass is 353 g/mol. The van der Waals surface area contributed by atoms with Crippen LogP contribution in [0, 0.1) is 12.3 Å². The molecule has 3 aromatic carbocycles. The molecule has 2 bridgehead atoms. The number of amides is 1. The Morgan fingerprint density at radius 2 is 1.48 bits per heavy atom. The van der Waals surface area contributed by atoms with Crippen LogP contribution in [0.15, 0.2) is 72.8 Å². The second-order valence-corrected chi connectivity index (χ2v) is 8.19. The molecular formula is C25H23NO. The molecule has 2 heteroatoms. The smallest absolute Gasteiger partial charge is 0.231 e. The van der Waals surface area contributed by atoms with E-state index < -0.39 is 5.41 Å². The molecule has 1 atom stereocenters. The van der Waals surface area contributed by atoms with Gasteiger partial charge >= 0.3 is 0 Å². The lowest BCUT2D eigenvalue weighted by Crippen LogP contribution is -2.47. The topological polar surface area (TPSA) is 29.1 Å². The van der Waals surface area contributed by atoms with Crippen molar-refractivity contribution < 1.29 is 4.79 Å². The lowest BCUT2D eigenvalue weighted by atomic mass is 9.52. The fourth-order valence-corrected chi connectivity index (χ4v) is 5.19. The average Bonchev–Trinajstić information content (AvgIpc) is 2.68. The zero-order valence-electron chi connectivity index (χ0n) is 15.7. The molecule has 0 heterocycles. The first-order valence-electron chi connectivity index (χ1n) is 9.64. The number of carbonyl (C=O) groups excluding carboxylic acids is 1. The molecule has 6 rings (SSSR count). The summed E-state index contributed by atoms with van der Waals surface area (Å²) >= 11 is 0. The van der Waals surface area contributed by atoms with Crippen molar-refractivity contribution in [1.29, 1.82) is 0 Å². The second kappa shape index (κ2) is 5.82. The lowest BCUT2D eigenvalue weighted by Gasteiger charge is -2.50. The van der Waals surface area contributed by atoms with Gasteiger partial charge in [-0.05, 0) is 60.2 Å². The summed E-state index contributed by atoms with van der Waals surface area (Å²) in [6.45, 7) is 4.19. The first-order valence-corrected chi connectivity index (χ1v) is 9.64. The Hall–Kier alpha value is -2.87. The van der Waals surface area contributed by atoms with E-state index in [2.05, 4.69) is 60.8 Å². The van der Waals surface area contributed by atoms with Gasteiger partial charge in [-0.3, -0.25) is 4.79 Å². The zero-order chi connectivity index (χ0) is 18.6. The highest BCUT2D eigenvalue weighted by Crippen LogP contribution is 2.61. The molecule has 0 fully saturated rings. The van der Waals surface area contributed by atoms with Crippen molar-refractivity contribution in [2.75, 3.05) is 5.32 Å². The third kappa shape index (κ3) is 2.36. The van der Waals surface area contributed by atoms with Crippen LogP contribution in [0.3, 0.4) is 0 Å². The van der Waals surface area contributed by atoms with Crippen LogP contribution in [-0.4, -0.2) is 5.91 Å². The number of benzene rings is 3. The van der Waals surface area contributed by atoms with Crippen LogP contribution in [0.1, 0.15) is 53.0 Å². The summed E-state index contributed by atoms with van der Waals surface area (Å²) in [5, 5.41) is 3.20. The van der Waals surface area contributed by atoms with Crippen molar-refractivity contribution >= 4 is 11.6 Å². The summed E-state index contributed by atoms with van der Waals surface area (Å²) in [6, 6.07) is 25.4. The van der Waals surface area contributed by atoms with Crippen molar-refractivity contribution in [2.45, 2.75) is 32.1 Å². The highest BCUT2D eigenvalue weighted by molar-refractivity contribution is 5.97. The molecule has 0 spiro atoms. The van der Waals surface area contributed by atoms with E-state index >= 15 is 0 Å². The number of hydrogen-bond donors (Lipinski definition) is 1. The predicted octanol–water partition coefficient (Wildman–Crippen LogP) is 5.62. The van der Waals surface area contributed by atoms with Crippen LogP contribution < -0.4 is 5.32 Å². The quantitative estimate of drug-likeness (QED) is 0.636. The Morgan fingerprint density at radius 3 is 2.07 bits per heavy atom. The molecule has 27 heavy (non-hydrogen) atoms. The van der Waals surface area contributed by atoms with Crippen molar-refractivity contribution in [1.82, 2.24) is 0 Å². The fraction of sp³-hybridized carbons (Fsp3) is 0.240. The van der Waals surface area contributed by atoms with Gasteiger partial charge in [0.05, 0.1) is 5.41 Å². The molecule has 3 aliphatic rings. The van der Waals surface area contributed by atoms with E-state index in [0.29, 0.717) is 0 Å². The van der Waals surface area contributed by atoms with Gasteiger partial charge in [-0.15, -0.1) is 0 Å². The number of aryl methyl sites for hydroxylation is 1. The molecule has 3 aromatic rings. The minimum Gasteiger partial charge on any atom is -0.326 e. The Morgan fingerprint density at radius 1 is 0.889 bits per heavy atom. The minimum absolute atomic E-state index is 0.0970. The fourth-order valence-electron chi connectivity index (χ4n) is 5.19. The van der Waals surface area contributed by atoms with Gasteiger partial charge in [-0.25, -0.2) is 0 Å². The molecular weight excluding hydrogens is 330 g/mol. The van der Waals surface area contributed by atoms with Crippen molar-refractivity contribution in [3.63, 3.8) is 0 Å². The average molecular weight is 353 g/mol. The predicted molar refractivity (Wildman–Crippen MR) is 109 cm³/mol. The maximum atomic E-state index is 13.5. The number of rotatable bonds is 2. The van der Waals surface area contributed by atoms with Crippen LogP contribution in [0.25, 0.3) is 0 Å². The molecule has 1 N–H and O–H groups in total. The van der Waals surface area contributed by atoms with Crippen LogP contribution in [0.2, 0.25) is 0 Å². The van der Waals surface area contributed by atoms with Gasteiger partial charge < -0.3 is 5.32 Å². The summed E-state index contributed by atoms with van der Waals surface area (Å²) in [7, 11) is 0. The molecule has 1 amide bonds. The number of nitrogens with one attached hydrogen (secondary N) is 1. The number of fused-ring (bicyclic) bond motifs is 1. The molecule has 2 nitrogen and oxygen atoms in total. The van der Waals surface area contributed by atoms with Gasteiger partial charge in [0, 0.05) is 17.5 Å².